The van der Waals surface area contributed by atoms with Crippen LogP contribution in [0.15, 0.2) is 78.9 Å². The second-order valence-electron chi connectivity index (χ2n) is 8.42. The van der Waals surface area contributed by atoms with Gasteiger partial charge in [-0.05, 0) is 66.6 Å². The van der Waals surface area contributed by atoms with E-state index in [1.807, 2.05) is 66.7 Å². The molecule has 0 radical (unpaired) electrons. The number of hydrogen-bond donors (Lipinski definition) is 2. The van der Waals surface area contributed by atoms with Gasteiger partial charge in [-0.15, -0.1) is 0 Å². The molecule has 0 aromatic heterocycles. The number of aliphatic carboxylic acids is 1. The fourth-order valence-electron chi connectivity index (χ4n) is 3.77. The summed E-state index contributed by atoms with van der Waals surface area (Å²) in [5.74, 6) is -0.789. The molecule has 0 heterocycles. The van der Waals surface area contributed by atoms with Crippen molar-refractivity contribution in [2.45, 2.75) is 38.7 Å². The molecular weight excluding hydrogens is 464 g/mol. The van der Waals surface area contributed by atoms with Gasteiger partial charge in [-0.3, -0.25) is 4.79 Å². The Labute approximate surface area is 210 Å². The average molecular weight is 493 g/mol. The van der Waals surface area contributed by atoms with Crippen LogP contribution in [0.25, 0.3) is 6.08 Å². The van der Waals surface area contributed by atoms with Crippen molar-refractivity contribution in [2.24, 2.45) is 5.92 Å². The van der Waals surface area contributed by atoms with Gasteiger partial charge < -0.3 is 14.9 Å². The van der Waals surface area contributed by atoms with Gasteiger partial charge in [0, 0.05) is 17.0 Å². The number of ether oxygens (including phenoxy) is 1. The third kappa shape index (κ3) is 8.95. The average Bonchev–Trinajstić information content (AvgIpc) is 2.85. The highest BCUT2D eigenvalue weighted by Gasteiger charge is 2.10. The zero-order valence-electron chi connectivity index (χ0n) is 19.4. The summed E-state index contributed by atoms with van der Waals surface area (Å²) in [5.41, 5.74) is 3.27. The highest BCUT2D eigenvalue weighted by Crippen LogP contribution is 2.24. The molecule has 182 valence electrons. The van der Waals surface area contributed by atoms with E-state index in [4.69, 9.17) is 26.6 Å². The Bertz CT molecular complexity index is 1140. The predicted octanol–water partition coefficient (Wildman–Crippen LogP) is 7.13. The van der Waals surface area contributed by atoms with E-state index in [2.05, 4.69) is 6.08 Å². The number of carboxylic acids is 2. The van der Waals surface area contributed by atoms with Gasteiger partial charge in [0.2, 0.25) is 0 Å². The van der Waals surface area contributed by atoms with Crippen molar-refractivity contribution in [3.05, 3.63) is 106 Å². The molecule has 0 fully saturated rings. The van der Waals surface area contributed by atoms with E-state index >= 15 is 0 Å². The zero-order valence-corrected chi connectivity index (χ0v) is 20.2. The molecule has 0 aliphatic heterocycles. The monoisotopic (exact) mass is 492 g/mol. The summed E-state index contributed by atoms with van der Waals surface area (Å²) in [6, 6.07) is 22.3. The Hall–Kier alpha value is -3.57. The lowest BCUT2D eigenvalue weighted by atomic mass is 9.92. The fourth-order valence-corrected chi connectivity index (χ4v) is 3.89. The Balaban J connectivity index is 1.70. The number of rotatable bonds is 13. The molecule has 1 atom stereocenters. The first kappa shape index (κ1) is 26.0. The topological polar surface area (TPSA) is 83.8 Å². The molecule has 35 heavy (non-hydrogen) atoms. The van der Waals surface area contributed by atoms with Crippen LogP contribution in [0.1, 0.15) is 52.7 Å². The van der Waals surface area contributed by atoms with Crippen LogP contribution in [0, 0.1) is 5.92 Å². The van der Waals surface area contributed by atoms with Crippen molar-refractivity contribution in [3.63, 3.8) is 0 Å². The smallest absolute Gasteiger partial charge is 0.335 e. The number of hydrogen-bond acceptors (Lipinski definition) is 3. The number of carboxylic acid groups (broad SMARTS) is 2. The number of allylic oxidation sites excluding steroid dienone is 1. The number of aromatic carboxylic acids is 1. The van der Waals surface area contributed by atoms with Gasteiger partial charge in [-0.2, -0.15) is 0 Å². The quantitative estimate of drug-likeness (QED) is 0.248. The largest absolute Gasteiger partial charge is 0.488 e. The van der Waals surface area contributed by atoms with Crippen molar-refractivity contribution in [3.8, 4) is 5.75 Å². The van der Waals surface area contributed by atoms with Gasteiger partial charge in [0.1, 0.15) is 12.4 Å². The Morgan fingerprint density at radius 3 is 2.26 bits per heavy atom. The van der Waals surface area contributed by atoms with E-state index in [0.29, 0.717) is 18.1 Å². The minimum Gasteiger partial charge on any atom is -0.488 e. The van der Waals surface area contributed by atoms with Crippen LogP contribution in [0.2, 0.25) is 5.02 Å². The third-order valence-electron chi connectivity index (χ3n) is 5.69. The summed E-state index contributed by atoms with van der Waals surface area (Å²) >= 11 is 5.96. The van der Waals surface area contributed by atoms with Crippen LogP contribution in [-0.2, 0) is 17.8 Å². The maximum atomic E-state index is 11.1. The fraction of sp³-hybridized carbons (Fsp3) is 0.241. The van der Waals surface area contributed by atoms with E-state index in [9.17, 15) is 9.59 Å². The highest BCUT2D eigenvalue weighted by atomic mass is 35.5. The van der Waals surface area contributed by atoms with Crippen molar-refractivity contribution in [1.82, 2.24) is 0 Å². The normalized spacial score (nSPS) is 11.9. The summed E-state index contributed by atoms with van der Waals surface area (Å²) in [4.78, 5) is 22.0. The van der Waals surface area contributed by atoms with Gasteiger partial charge in [-0.25, -0.2) is 4.79 Å². The summed E-state index contributed by atoms with van der Waals surface area (Å²) in [7, 11) is 0. The van der Waals surface area contributed by atoms with Crippen LogP contribution in [-0.4, -0.2) is 22.2 Å². The first-order valence-corrected chi connectivity index (χ1v) is 12.0. The van der Waals surface area contributed by atoms with Crippen LogP contribution in [0.3, 0.4) is 0 Å². The van der Waals surface area contributed by atoms with Crippen molar-refractivity contribution in [1.29, 1.82) is 0 Å². The van der Waals surface area contributed by atoms with E-state index in [-0.39, 0.29) is 17.9 Å². The summed E-state index contributed by atoms with van der Waals surface area (Å²) < 4.78 is 6.06. The van der Waals surface area contributed by atoms with Crippen molar-refractivity contribution >= 4 is 29.6 Å². The summed E-state index contributed by atoms with van der Waals surface area (Å²) in [6.07, 6.45) is 7.32. The number of carbonyl (C=O) groups is 2. The van der Waals surface area contributed by atoms with Crippen LogP contribution in [0.4, 0.5) is 0 Å². The maximum absolute atomic E-state index is 11.1. The molecule has 0 bridgehead atoms. The molecule has 0 aliphatic carbocycles. The Morgan fingerprint density at radius 2 is 1.57 bits per heavy atom. The first-order valence-electron chi connectivity index (χ1n) is 11.6. The lowest BCUT2D eigenvalue weighted by Gasteiger charge is -2.14. The third-order valence-corrected chi connectivity index (χ3v) is 5.94. The molecule has 0 amide bonds. The second-order valence-corrected chi connectivity index (χ2v) is 8.85. The highest BCUT2D eigenvalue weighted by molar-refractivity contribution is 6.30. The Morgan fingerprint density at radius 1 is 0.886 bits per heavy atom. The molecule has 6 heteroatoms. The van der Waals surface area contributed by atoms with E-state index in [0.717, 1.165) is 41.7 Å². The second kappa shape index (κ2) is 13.4. The molecule has 0 spiro atoms. The summed E-state index contributed by atoms with van der Waals surface area (Å²) in [6.45, 7) is 0.427. The molecule has 0 saturated carbocycles. The molecule has 0 saturated heterocycles. The molecule has 3 aromatic carbocycles. The SMILES string of the molecule is O=C(O)CCCCC(/C=C/c1ccccc1OCc1ccc(Cl)cc1)Cc1ccc(C(=O)O)cc1. The minimum absolute atomic E-state index is 0.158. The van der Waals surface area contributed by atoms with Crippen molar-refractivity contribution in [2.75, 3.05) is 0 Å². The minimum atomic E-state index is -0.947. The van der Waals surface area contributed by atoms with Crippen molar-refractivity contribution < 1.29 is 24.5 Å². The van der Waals surface area contributed by atoms with Crippen LogP contribution < -0.4 is 4.74 Å². The zero-order chi connectivity index (χ0) is 25.0. The number of halogens is 1. The maximum Gasteiger partial charge on any atom is 0.335 e. The van der Waals surface area contributed by atoms with E-state index in [1.165, 1.54) is 0 Å². The van der Waals surface area contributed by atoms with Gasteiger partial charge in [0.15, 0.2) is 0 Å². The molecule has 1 unspecified atom stereocenters. The van der Waals surface area contributed by atoms with E-state index < -0.39 is 11.9 Å². The van der Waals surface area contributed by atoms with Gasteiger partial charge in [0.05, 0.1) is 5.56 Å². The molecule has 0 aliphatic rings. The lowest BCUT2D eigenvalue weighted by Crippen LogP contribution is -2.04. The molecule has 2 N–H and O–H groups in total. The molecule has 5 nitrogen and oxygen atoms in total. The van der Waals surface area contributed by atoms with Gasteiger partial charge >= 0.3 is 11.9 Å². The number of benzene rings is 3. The predicted molar refractivity (Wildman–Crippen MR) is 138 cm³/mol. The molecular formula is C29H29ClO5. The van der Waals surface area contributed by atoms with Crippen LogP contribution in [0.5, 0.6) is 5.75 Å². The first-order chi connectivity index (χ1) is 16.9. The van der Waals surface area contributed by atoms with Crippen LogP contribution >= 0.6 is 11.6 Å². The lowest BCUT2D eigenvalue weighted by molar-refractivity contribution is -0.137. The molecule has 3 rings (SSSR count). The number of unbranched alkanes of at least 4 members (excludes halogenated alkanes) is 1. The Kier molecular flexibility index (Phi) is 9.93. The summed E-state index contributed by atoms with van der Waals surface area (Å²) in [5, 5.41) is 18.7. The number of para-hydroxylation sites is 1. The molecule has 3 aromatic rings. The van der Waals surface area contributed by atoms with Gasteiger partial charge in [0.25, 0.3) is 0 Å². The van der Waals surface area contributed by atoms with Gasteiger partial charge in [-0.1, -0.05) is 72.6 Å². The van der Waals surface area contributed by atoms with E-state index in [1.54, 1.807) is 12.1 Å². The standard InChI is InChI=1S/C29H29ClO5/c30-26-17-12-23(13-18-26)20-35-27-7-3-2-6-24(27)14-9-21(5-1-4-8-28(31)32)19-22-10-15-25(16-11-22)29(33)34/h2-3,6-7,9-18,21H,1,4-5,8,19-20H2,(H,31,32)(H,33,34)/b14-9+.